The number of hydrogen-bond donors (Lipinski definition) is 0. The van der Waals surface area contributed by atoms with Gasteiger partial charge in [-0.05, 0) is 39.7 Å². The van der Waals surface area contributed by atoms with E-state index in [1.807, 2.05) is 6.07 Å². The molecule has 1 aliphatic rings. The molecule has 0 unspecified atom stereocenters. The minimum atomic E-state index is -0.539. The summed E-state index contributed by atoms with van der Waals surface area (Å²) in [7, 11) is 0. The maximum absolute atomic E-state index is 14.0. The van der Waals surface area contributed by atoms with E-state index in [4.69, 9.17) is 4.74 Å². The molecule has 0 saturated carbocycles. The summed E-state index contributed by atoms with van der Waals surface area (Å²) in [6.45, 7) is 0.570. The van der Waals surface area contributed by atoms with Crippen molar-refractivity contribution >= 4 is 21.7 Å². The van der Waals surface area contributed by atoms with Crippen molar-refractivity contribution in [2.75, 3.05) is 6.61 Å². The molecular formula is C15H10BrFO2. The Bertz CT molecular complexity index is 667. The fraction of sp³-hybridized carbons (Fsp3) is 0.133. The number of halogens is 2. The summed E-state index contributed by atoms with van der Waals surface area (Å²) in [4.78, 5) is 12.4. The average molecular weight is 321 g/mol. The molecule has 0 radical (unpaired) electrons. The molecule has 0 N–H and O–H groups in total. The van der Waals surface area contributed by atoms with Crippen molar-refractivity contribution in [3.8, 4) is 5.75 Å². The largest absolute Gasteiger partial charge is 0.492 e. The molecule has 0 fully saturated rings. The Kier molecular flexibility index (Phi) is 3.11. The molecule has 0 atom stereocenters. The highest BCUT2D eigenvalue weighted by Gasteiger charge is 2.23. The van der Waals surface area contributed by atoms with Gasteiger partial charge in [0.1, 0.15) is 11.6 Å². The van der Waals surface area contributed by atoms with Gasteiger partial charge in [0.25, 0.3) is 0 Å². The summed E-state index contributed by atoms with van der Waals surface area (Å²) in [6, 6.07) is 10.1. The van der Waals surface area contributed by atoms with E-state index in [-0.39, 0.29) is 15.8 Å². The number of hydrogen-bond acceptors (Lipinski definition) is 2. The normalized spacial score (nSPS) is 12.9. The maximum atomic E-state index is 14.0. The van der Waals surface area contributed by atoms with Crippen molar-refractivity contribution in [2.45, 2.75) is 6.42 Å². The molecule has 0 aliphatic carbocycles. The predicted molar refractivity (Wildman–Crippen MR) is 73.2 cm³/mol. The van der Waals surface area contributed by atoms with Crippen LogP contribution in [-0.2, 0) is 6.42 Å². The van der Waals surface area contributed by atoms with Gasteiger partial charge in [-0.3, -0.25) is 4.79 Å². The molecule has 0 amide bonds. The van der Waals surface area contributed by atoms with E-state index >= 15 is 0 Å². The number of benzene rings is 2. The molecule has 2 nitrogen and oxygen atoms in total. The molecule has 1 aliphatic heterocycles. The van der Waals surface area contributed by atoms with Crippen LogP contribution in [0.3, 0.4) is 0 Å². The van der Waals surface area contributed by atoms with Crippen LogP contribution < -0.4 is 4.74 Å². The zero-order valence-corrected chi connectivity index (χ0v) is 11.5. The second-order valence-corrected chi connectivity index (χ2v) is 5.18. The number of ketones is 1. The van der Waals surface area contributed by atoms with E-state index in [0.29, 0.717) is 17.9 Å². The molecule has 0 aromatic heterocycles. The van der Waals surface area contributed by atoms with Gasteiger partial charge >= 0.3 is 0 Å². The fourth-order valence-electron chi connectivity index (χ4n) is 2.22. The molecule has 96 valence electrons. The van der Waals surface area contributed by atoms with Crippen LogP contribution in [0, 0.1) is 5.82 Å². The highest BCUT2D eigenvalue weighted by Crippen LogP contribution is 2.32. The van der Waals surface area contributed by atoms with E-state index in [9.17, 15) is 9.18 Å². The second-order valence-electron chi connectivity index (χ2n) is 4.32. The lowest BCUT2D eigenvalue weighted by atomic mass is 9.99. The van der Waals surface area contributed by atoms with Gasteiger partial charge in [0.15, 0.2) is 5.78 Å². The summed E-state index contributed by atoms with van der Waals surface area (Å²) in [5.74, 6) is -0.299. The summed E-state index contributed by atoms with van der Waals surface area (Å²) < 4.78 is 19.8. The zero-order chi connectivity index (χ0) is 13.4. The second kappa shape index (κ2) is 4.78. The van der Waals surface area contributed by atoms with E-state index in [1.165, 1.54) is 6.07 Å². The number of ether oxygens (including phenoxy) is 1. The molecule has 3 rings (SSSR count). The molecular weight excluding hydrogens is 311 g/mol. The lowest BCUT2D eigenvalue weighted by Gasteiger charge is -2.08. The molecule has 4 heteroatoms. The monoisotopic (exact) mass is 320 g/mol. The zero-order valence-electron chi connectivity index (χ0n) is 9.95. The van der Waals surface area contributed by atoms with Gasteiger partial charge in [-0.15, -0.1) is 0 Å². The van der Waals surface area contributed by atoms with Crippen molar-refractivity contribution in [3.05, 3.63) is 63.4 Å². The molecule has 19 heavy (non-hydrogen) atoms. The minimum Gasteiger partial charge on any atom is -0.492 e. The third kappa shape index (κ3) is 2.06. The van der Waals surface area contributed by atoms with Gasteiger partial charge in [-0.25, -0.2) is 4.39 Å². The number of fused-ring (bicyclic) bond motifs is 1. The molecule has 1 heterocycles. The topological polar surface area (TPSA) is 26.3 Å². The van der Waals surface area contributed by atoms with Crippen molar-refractivity contribution in [1.29, 1.82) is 0 Å². The number of para-hydroxylation sites is 1. The van der Waals surface area contributed by atoms with Crippen molar-refractivity contribution in [3.63, 3.8) is 0 Å². The first-order valence-electron chi connectivity index (χ1n) is 5.92. The minimum absolute atomic E-state index is 0.0540. The Balaban J connectivity index is 2.11. The smallest absolute Gasteiger partial charge is 0.199 e. The van der Waals surface area contributed by atoms with E-state index < -0.39 is 5.82 Å². The molecule has 0 saturated heterocycles. The summed E-state index contributed by atoms with van der Waals surface area (Å²) >= 11 is 3.09. The summed E-state index contributed by atoms with van der Waals surface area (Å²) in [6.07, 6.45) is 0.789. The van der Waals surface area contributed by atoms with Gasteiger partial charge in [0, 0.05) is 6.42 Å². The third-order valence-electron chi connectivity index (χ3n) is 3.16. The van der Waals surface area contributed by atoms with Gasteiger partial charge in [0.2, 0.25) is 0 Å². The van der Waals surface area contributed by atoms with Gasteiger partial charge in [-0.1, -0.05) is 18.2 Å². The Hall–Kier alpha value is -1.68. The third-order valence-corrected chi connectivity index (χ3v) is 3.77. The van der Waals surface area contributed by atoms with E-state index in [2.05, 4.69) is 15.9 Å². The number of carbonyl (C=O) groups excluding carboxylic acids is 1. The lowest BCUT2D eigenvalue weighted by Crippen LogP contribution is -2.06. The lowest BCUT2D eigenvalue weighted by molar-refractivity contribution is 0.103. The van der Waals surface area contributed by atoms with Crippen molar-refractivity contribution in [2.24, 2.45) is 0 Å². The van der Waals surface area contributed by atoms with Crippen LogP contribution in [0.5, 0.6) is 5.75 Å². The molecule has 2 aromatic rings. The first-order chi connectivity index (χ1) is 9.18. The maximum Gasteiger partial charge on any atom is 0.199 e. The molecule has 0 bridgehead atoms. The van der Waals surface area contributed by atoms with E-state index in [1.54, 1.807) is 24.3 Å². The Morgan fingerprint density at radius 3 is 2.74 bits per heavy atom. The average Bonchev–Trinajstić information content (AvgIpc) is 2.89. The SMILES string of the molecule is O=C(c1cccc(Br)c1F)c1cccc2c1OCC2. The quantitative estimate of drug-likeness (QED) is 0.788. The summed E-state index contributed by atoms with van der Waals surface area (Å²) in [5, 5.41) is 0. The van der Waals surface area contributed by atoms with E-state index in [0.717, 1.165) is 12.0 Å². The van der Waals surface area contributed by atoms with Gasteiger partial charge in [-0.2, -0.15) is 0 Å². The highest BCUT2D eigenvalue weighted by molar-refractivity contribution is 9.10. The molecule has 0 spiro atoms. The van der Waals surface area contributed by atoms with Crippen LogP contribution in [-0.4, -0.2) is 12.4 Å². The van der Waals surface area contributed by atoms with Gasteiger partial charge < -0.3 is 4.74 Å². The van der Waals surface area contributed by atoms with Crippen molar-refractivity contribution in [1.82, 2.24) is 0 Å². The number of carbonyl (C=O) groups is 1. The highest BCUT2D eigenvalue weighted by atomic mass is 79.9. The summed E-state index contributed by atoms with van der Waals surface area (Å²) in [5.41, 5.74) is 1.48. The van der Waals surface area contributed by atoms with Crippen LogP contribution in [0.15, 0.2) is 40.9 Å². The number of rotatable bonds is 2. The standard InChI is InChI=1S/C15H10BrFO2/c16-12-6-2-4-10(13(12)17)14(18)11-5-1-3-9-7-8-19-15(9)11/h1-6H,7-8H2. The first-order valence-corrected chi connectivity index (χ1v) is 6.71. The van der Waals surface area contributed by atoms with Crippen LogP contribution in [0.4, 0.5) is 4.39 Å². The Morgan fingerprint density at radius 2 is 1.89 bits per heavy atom. The van der Waals surface area contributed by atoms with Crippen LogP contribution in [0.25, 0.3) is 0 Å². The van der Waals surface area contributed by atoms with Crippen LogP contribution >= 0.6 is 15.9 Å². The fourth-order valence-corrected chi connectivity index (χ4v) is 2.58. The predicted octanol–water partition coefficient (Wildman–Crippen LogP) is 3.75. The van der Waals surface area contributed by atoms with Crippen molar-refractivity contribution < 1.29 is 13.9 Å². The Morgan fingerprint density at radius 1 is 1.16 bits per heavy atom. The van der Waals surface area contributed by atoms with Crippen LogP contribution in [0.1, 0.15) is 21.5 Å². The van der Waals surface area contributed by atoms with Gasteiger partial charge in [0.05, 0.1) is 22.2 Å². The first kappa shape index (κ1) is 12.4. The molecule has 2 aromatic carbocycles. The van der Waals surface area contributed by atoms with Crippen LogP contribution in [0.2, 0.25) is 0 Å². The Labute approximate surface area is 118 Å².